The number of carbonyl (C=O) groups excluding carboxylic acids is 1. The number of hydrogen-bond donors (Lipinski definition) is 1. The molecule has 5 heteroatoms. The van der Waals surface area contributed by atoms with E-state index in [0.717, 1.165) is 24.8 Å². The summed E-state index contributed by atoms with van der Waals surface area (Å²) >= 11 is 0. The summed E-state index contributed by atoms with van der Waals surface area (Å²) in [6, 6.07) is 13.3. The van der Waals surface area contributed by atoms with Crippen molar-refractivity contribution in [2.24, 2.45) is 0 Å². The molecule has 0 aromatic heterocycles. The lowest BCUT2D eigenvalue weighted by molar-refractivity contribution is 0.0981. The van der Waals surface area contributed by atoms with Crippen LogP contribution in [0.3, 0.4) is 0 Å². The summed E-state index contributed by atoms with van der Waals surface area (Å²) in [6.45, 7) is 0. The molecule has 0 aliphatic heterocycles. The summed E-state index contributed by atoms with van der Waals surface area (Å²) in [5.41, 5.74) is 2.77. The van der Waals surface area contributed by atoms with Gasteiger partial charge in [-0.25, -0.2) is 13.1 Å². The molecule has 0 unspecified atom stereocenters. The van der Waals surface area contributed by atoms with E-state index in [1.807, 2.05) is 6.07 Å². The van der Waals surface area contributed by atoms with Gasteiger partial charge in [0.05, 0.1) is 4.90 Å². The predicted molar refractivity (Wildman–Crippen MR) is 79.6 cm³/mol. The number of carbonyl (C=O) groups is 1. The lowest BCUT2D eigenvalue weighted by Gasteiger charge is -2.08. The van der Waals surface area contributed by atoms with Crippen LogP contribution in [0.25, 0.3) is 0 Å². The normalized spacial score (nSPS) is 13.7. The molecule has 1 aliphatic carbocycles. The van der Waals surface area contributed by atoms with Crippen LogP contribution in [0, 0.1) is 0 Å². The molecule has 3 rings (SSSR count). The zero-order valence-electron chi connectivity index (χ0n) is 11.4. The van der Waals surface area contributed by atoms with Gasteiger partial charge in [0, 0.05) is 5.56 Å². The third kappa shape index (κ3) is 2.83. The van der Waals surface area contributed by atoms with Crippen molar-refractivity contribution in [2.75, 3.05) is 0 Å². The summed E-state index contributed by atoms with van der Waals surface area (Å²) < 4.78 is 26.3. The van der Waals surface area contributed by atoms with Gasteiger partial charge < -0.3 is 0 Å². The fourth-order valence-electron chi connectivity index (χ4n) is 2.55. The zero-order valence-corrected chi connectivity index (χ0v) is 12.2. The third-order valence-corrected chi connectivity index (χ3v) is 4.99. The van der Waals surface area contributed by atoms with Crippen molar-refractivity contribution in [2.45, 2.75) is 24.2 Å². The summed E-state index contributed by atoms with van der Waals surface area (Å²) in [7, 11) is -3.82. The van der Waals surface area contributed by atoms with Crippen LogP contribution in [0.5, 0.6) is 0 Å². The van der Waals surface area contributed by atoms with Crippen LogP contribution in [0.15, 0.2) is 53.4 Å². The van der Waals surface area contributed by atoms with Crippen LogP contribution >= 0.6 is 0 Å². The Morgan fingerprint density at radius 3 is 2.43 bits per heavy atom. The number of aryl methyl sites for hydroxylation is 2. The molecule has 0 bridgehead atoms. The molecule has 0 atom stereocenters. The highest BCUT2D eigenvalue weighted by Gasteiger charge is 2.20. The van der Waals surface area contributed by atoms with Crippen LogP contribution in [0.1, 0.15) is 27.9 Å². The SMILES string of the molecule is O=C(NS(=O)(=O)c1ccccc1)c1ccc2c(c1)CCC2. The highest BCUT2D eigenvalue weighted by Crippen LogP contribution is 2.23. The van der Waals surface area contributed by atoms with Crippen molar-refractivity contribution < 1.29 is 13.2 Å². The molecule has 0 fully saturated rings. The first-order chi connectivity index (χ1) is 10.1. The number of fused-ring (bicyclic) bond motifs is 1. The molecule has 0 spiro atoms. The van der Waals surface area contributed by atoms with Gasteiger partial charge in [0.2, 0.25) is 0 Å². The summed E-state index contributed by atoms with van der Waals surface area (Å²) in [5.74, 6) is -0.589. The second kappa shape index (κ2) is 5.33. The van der Waals surface area contributed by atoms with Gasteiger partial charge in [-0.3, -0.25) is 4.79 Å². The van der Waals surface area contributed by atoms with Gasteiger partial charge in [0.1, 0.15) is 0 Å². The van der Waals surface area contributed by atoms with Gasteiger partial charge in [-0.15, -0.1) is 0 Å². The van der Waals surface area contributed by atoms with Crippen molar-refractivity contribution in [3.63, 3.8) is 0 Å². The van der Waals surface area contributed by atoms with E-state index >= 15 is 0 Å². The Balaban J connectivity index is 1.84. The molecular weight excluding hydrogens is 286 g/mol. The standard InChI is InChI=1S/C16H15NO3S/c18-16(14-10-9-12-5-4-6-13(12)11-14)17-21(19,20)15-7-2-1-3-8-15/h1-3,7-11H,4-6H2,(H,17,18). The molecule has 1 aliphatic rings. The van der Waals surface area contributed by atoms with E-state index < -0.39 is 15.9 Å². The quantitative estimate of drug-likeness (QED) is 0.946. The number of benzene rings is 2. The van der Waals surface area contributed by atoms with E-state index in [4.69, 9.17) is 0 Å². The monoisotopic (exact) mass is 301 g/mol. The Morgan fingerprint density at radius 1 is 0.952 bits per heavy atom. The number of nitrogens with one attached hydrogen (secondary N) is 1. The van der Waals surface area contributed by atoms with Gasteiger partial charge in [-0.1, -0.05) is 24.3 Å². The van der Waals surface area contributed by atoms with E-state index in [1.54, 1.807) is 30.3 Å². The van der Waals surface area contributed by atoms with Gasteiger partial charge in [-0.05, 0) is 54.7 Å². The Morgan fingerprint density at radius 2 is 1.67 bits per heavy atom. The van der Waals surface area contributed by atoms with Crippen LogP contribution in [-0.2, 0) is 22.9 Å². The van der Waals surface area contributed by atoms with E-state index in [-0.39, 0.29) is 4.90 Å². The number of sulfonamides is 1. The van der Waals surface area contributed by atoms with E-state index in [9.17, 15) is 13.2 Å². The number of hydrogen-bond acceptors (Lipinski definition) is 3. The van der Waals surface area contributed by atoms with Crippen molar-refractivity contribution in [1.82, 2.24) is 4.72 Å². The third-order valence-electron chi connectivity index (χ3n) is 3.64. The summed E-state index contributed by atoms with van der Waals surface area (Å²) in [6.07, 6.45) is 3.06. The molecule has 0 radical (unpaired) electrons. The van der Waals surface area contributed by atoms with Gasteiger partial charge in [-0.2, -0.15) is 0 Å². The first-order valence-electron chi connectivity index (χ1n) is 6.80. The number of amides is 1. The van der Waals surface area contributed by atoms with Crippen molar-refractivity contribution in [3.05, 3.63) is 65.2 Å². The van der Waals surface area contributed by atoms with E-state index in [1.165, 1.54) is 17.7 Å². The smallest absolute Gasteiger partial charge is 0.265 e. The Bertz CT molecular complexity index is 782. The highest BCUT2D eigenvalue weighted by atomic mass is 32.2. The minimum Gasteiger partial charge on any atom is -0.268 e. The van der Waals surface area contributed by atoms with Crippen molar-refractivity contribution in [1.29, 1.82) is 0 Å². The summed E-state index contributed by atoms with van der Waals surface area (Å²) in [4.78, 5) is 12.2. The topological polar surface area (TPSA) is 63.2 Å². The van der Waals surface area contributed by atoms with E-state index in [2.05, 4.69) is 4.72 Å². The minimum atomic E-state index is -3.82. The maximum absolute atomic E-state index is 12.1. The first-order valence-corrected chi connectivity index (χ1v) is 8.28. The molecule has 1 N–H and O–H groups in total. The molecule has 108 valence electrons. The Labute approximate surface area is 123 Å². The lowest BCUT2D eigenvalue weighted by Crippen LogP contribution is -2.30. The average Bonchev–Trinajstić information content (AvgIpc) is 2.95. The van der Waals surface area contributed by atoms with Crippen LogP contribution in [0.4, 0.5) is 0 Å². The molecule has 0 saturated heterocycles. The van der Waals surface area contributed by atoms with E-state index in [0.29, 0.717) is 5.56 Å². The molecule has 0 heterocycles. The largest absolute Gasteiger partial charge is 0.268 e. The molecule has 2 aromatic rings. The van der Waals surface area contributed by atoms with Gasteiger partial charge >= 0.3 is 0 Å². The lowest BCUT2D eigenvalue weighted by atomic mass is 10.1. The molecule has 2 aromatic carbocycles. The molecule has 21 heavy (non-hydrogen) atoms. The predicted octanol–water partition coefficient (Wildman–Crippen LogP) is 2.29. The fraction of sp³-hybridized carbons (Fsp3) is 0.188. The average molecular weight is 301 g/mol. The van der Waals surface area contributed by atoms with Gasteiger partial charge in [0.15, 0.2) is 0 Å². The second-order valence-corrected chi connectivity index (χ2v) is 6.77. The molecular formula is C16H15NO3S. The minimum absolute atomic E-state index is 0.0829. The van der Waals surface area contributed by atoms with Gasteiger partial charge in [0.25, 0.3) is 15.9 Å². The first kappa shape index (κ1) is 13.8. The zero-order chi connectivity index (χ0) is 14.9. The second-order valence-electron chi connectivity index (χ2n) is 5.08. The molecule has 4 nitrogen and oxygen atoms in total. The fourth-order valence-corrected chi connectivity index (χ4v) is 3.55. The van der Waals surface area contributed by atoms with Crippen molar-refractivity contribution in [3.8, 4) is 0 Å². The van der Waals surface area contributed by atoms with Crippen molar-refractivity contribution >= 4 is 15.9 Å². The van der Waals surface area contributed by atoms with Crippen LogP contribution < -0.4 is 4.72 Å². The maximum Gasteiger partial charge on any atom is 0.265 e. The molecule has 0 saturated carbocycles. The number of rotatable bonds is 3. The Kier molecular flexibility index (Phi) is 3.51. The summed E-state index contributed by atoms with van der Waals surface area (Å²) in [5, 5.41) is 0. The Hall–Kier alpha value is -2.14. The highest BCUT2D eigenvalue weighted by molar-refractivity contribution is 7.90. The molecule has 1 amide bonds. The maximum atomic E-state index is 12.1. The van der Waals surface area contributed by atoms with Crippen LogP contribution in [-0.4, -0.2) is 14.3 Å². The van der Waals surface area contributed by atoms with Crippen LogP contribution in [0.2, 0.25) is 0 Å².